The van der Waals surface area contributed by atoms with Crippen LogP contribution in [0.15, 0.2) is 66.7 Å². The molecule has 1 saturated heterocycles. The van der Waals surface area contributed by atoms with Gasteiger partial charge in [0.25, 0.3) is 0 Å². The minimum Gasteiger partial charge on any atom is -0.383 e. The van der Waals surface area contributed by atoms with E-state index in [1.54, 1.807) is 7.11 Å². The molecule has 0 N–H and O–H groups in total. The number of nitrogens with zero attached hydrogens (tertiary/aromatic N) is 4. The Morgan fingerprint density at radius 2 is 1.82 bits per heavy atom. The molecule has 1 aromatic heterocycles. The van der Waals surface area contributed by atoms with E-state index < -0.39 is 0 Å². The second-order valence-corrected chi connectivity index (χ2v) is 10.8. The van der Waals surface area contributed by atoms with Crippen molar-refractivity contribution >= 4 is 34.2 Å². The second kappa shape index (κ2) is 11.6. The first-order chi connectivity index (χ1) is 19.3. The summed E-state index contributed by atoms with van der Waals surface area (Å²) in [5.74, 6) is 0.695. The van der Waals surface area contributed by atoms with Crippen LogP contribution in [0.25, 0.3) is 11.0 Å². The lowest BCUT2D eigenvalue weighted by molar-refractivity contribution is -0.120. The van der Waals surface area contributed by atoms with Crippen molar-refractivity contribution in [3.63, 3.8) is 0 Å². The molecule has 2 heterocycles. The highest BCUT2D eigenvalue weighted by atomic mass is 16.5. The molecular weight excluding hydrogens is 500 g/mol. The van der Waals surface area contributed by atoms with Crippen LogP contribution in [-0.2, 0) is 27.3 Å². The average Bonchev–Trinajstić information content (AvgIpc) is 3.50. The highest BCUT2D eigenvalue weighted by Crippen LogP contribution is 2.34. The van der Waals surface area contributed by atoms with E-state index in [1.165, 1.54) is 0 Å². The van der Waals surface area contributed by atoms with E-state index in [-0.39, 0.29) is 30.3 Å². The molecule has 0 aliphatic carbocycles. The molecule has 0 spiro atoms. The molecule has 40 heavy (non-hydrogen) atoms. The number of aryl methyl sites for hydroxylation is 3. The van der Waals surface area contributed by atoms with Gasteiger partial charge >= 0.3 is 0 Å². The first-order valence-electron chi connectivity index (χ1n) is 14.0. The largest absolute Gasteiger partial charge is 0.383 e. The Hall–Kier alpha value is -3.97. The number of hydrogen-bond donors (Lipinski definition) is 0. The number of para-hydroxylation sites is 3. The summed E-state index contributed by atoms with van der Waals surface area (Å²) in [6.07, 6.45) is 1.17. The summed E-state index contributed by atoms with van der Waals surface area (Å²) in [5, 5.41) is 0. The van der Waals surface area contributed by atoms with E-state index in [0.717, 1.165) is 51.3 Å². The predicted octanol–water partition coefficient (Wildman–Crippen LogP) is 5.80. The third kappa shape index (κ3) is 5.26. The van der Waals surface area contributed by atoms with Gasteiger partial charge in [-0.25, -0.2) is 4.98 Å². The molecule has 208 valence electrons. The summed E-state index contributed by atoms with van der Waals surface area (Å²) in [4.78, 5) is 36.2. The molecule has 4 aromatic rings. The number of carbonyl (C=O) groups excluding carboxylic acids is 2. The Morgan fingerprint density at radius 3 is 2.55 bits per heavy atom. The van der Waals surface area contributed by atoms with Gasteiger partial charge in [0.2, 0.25) is 11.8 Å². The van der Waals surface area contributed by atoms with Gasteiger partial charge in [-0.3, -0.25) is 9.59 Å². The maximum Gasteiger partial charge on any atom is 0.247 e. The van der Waals surface area contributed by atoms with Crippen molar-refractivity contribution in [3.05, 3.63) is 89.2 Å². The van der Waals surface area contributed by atoms with Crippen molar-refractivity contribution in [2.24, 2.45) is 0 Å². The van der Waals surface area contributed by atoms with Crippen LogP contribution in [0.4, 0.5) is 11.4 Å². The summed E-state index contributed by atoms with van der Waals surface area (Å²) < 4.78 is 7.52. The number of amides is 2. The first-order valence-corrected chi connectivity index (χ1v) is 14.0. The Kier molecular flexibility index (Phi) is 8.03. The molecule has 0 bridgehead atoms. The molecule has 0 radical (unpaired) electrons. The molecule has 1 aliphatic heterocycles. The van der Waals surface area contributed by atoms with Crippen molar-refractivity contribution < 1.29 is 14.3 Å². The van der Waals surface area contributed by atoms with Crippen LogP contribution >= 0.6 is 0 Å². The summed E-state index contributed by atoms with van der Waals surface area (Å²) in [6.45, 7) is 9.29. The number of imidazole rings is 1. The highest BCUT2D eigenvalue weighted by molar-refractivity contribution is 5.98. The quantitative estimate of drug-likeness (QED) is 0.270. The SMILES string of the molecule is CCc1cccc(C)c1N(C(=O)Cn1c([C@@H]2CC(=O)N(c3ccc(C)cc3)C2)nc2ccccc21)[C@H](C)COC. The number of aromatic nitrogens is 2. The lowest BCUT2D eigenvalue weighted by atomic mass is 10.0. The van der Waals surface area contributed by atoms with Gasteiger partial charge in [-0.05, 0) is 62.6 Å². The fraction of sp³-hybridized carbons (Fsp3) is 0.364. The molecule has 5 rings (SSSR count). The lowest BCUT2D eigenvalue weighted by Gasteiger charge is -2.32. The van der Waals surface area contributed by atoms with Crippen molar-refractivity contribution in [1.82, 2.24) is 9.55 Å². The molecule has 2 amide bonds. The van der Waals surface area contributed by atoms with Crippen LogP contribution in [-0.4, -0.2) is 47.7 Å². The van der Waals surface area contributed by atoms with Gasteiger partial charge in [0.1, 0.15) is 12.4 Å². The van der Waals surface area contributed by atoms with Gasteiger partial charge < -0.3 is 19.1 Å². The Morgan fingerprint density at radius 1 is 1.07 bits per heavy atom. The number of benzene rings is 3. The van der Waals surface area contributed by atoms with Crippen LogP contribution < -0.4 is 9.80 Å². The van der Waals surface area contributed by atoms with Crippen LogP contribution in [0.5, 0.6) is 0 Å². The van der Waals surface area contributed by atoms with Crippen molar-refractivity contribution in [2.45, 2.75) is 59.0 Å². The number of fused-ring (bicyclic) bond motifs is 1. The van der Waals surface area contributed by atoms with Gasteiger partial charge in [0, 0.05) is 31.7 Å². The molecule has 3 aromatic carbocycles. The molecule has 0 saturated carbocycles. The van der Waals surface area contributed by atoms with E-state index in [1.807, 2.05) is 82.8 Å². The first kappa shape index (κ1) is 27.6. The van der Waals surface area contributed by atoms with Gasteiger partial charge in [-0.2, -0.15) is 0 Å². The number of anilines is 2. The number of hydrogen-bond acceptors (Lipinski definition) is 4. The molecule has 0 unspecified atom stereocenters. The number of rotatable bonds is 9. The van der Waals surface area contributed by atoms with Crippen LogP contribution in [0, 0.1) is 13.8 Å². The van der Waals surface area contributed by atoms with Crippen molar-refractivity contribution in [3.8, 4) is 0 Å². The molecule has 7 heteroatoms. The smallest absolute Gasteiger partial charge is 0.247 e. The van der Waals surface area contributed by atoms with E-state index in [9.17, 15) is 9.59 Å². The molecule has 7 nitrogen and oxygen atoms in total. The zero-order valence-corrected chi connectivity index (χ0v) is 24.1. The summed E-state index contributed by atoms with van der Waals surface area (Å²) in [7, 11) is 1.66. The Balaban J connectivity index is 1.53. The third-order valence-electron chi connectivity index (χ3n) is 7.87. The van der Waals surface area contributed by atoms with Gasteiger partial charge in [-0.1, -0.05) is 55.0 Å². The van der Waals surface area contributed by atoms with Gasteiger partial charge in [0.05, 0.1) is 29.4 Å². The summed E-state index contributed by atoms with van der Waals surface area (Å²) in [6, 6.07) is 21.9. The fourth-order valence-corrected chi connectivity index (χ4v) is 5.89. The topological polar surface area (TPSA) is 67.7 Å². The van der Waals surface area contributed by atoms with E-state index in [2.05, 4.69) is 26.0 Å². The highest BCUT2D eigenvalue weighted by Gasteiger charge is 2.36. The van der Waals surface area contributed by atoms with E-state index >= 15 is 0 Å². The summed E-state index contributed by atoms with van der Waals surface area (Å²) in [5.41, 5.74) is 6.90. The standard InChI is InChI=1S/C33H38N4O3/c1-6-25-11-9-10-23(3)32(25)37(24(4)21-40-5)31(39)20-36-29-13-8-7-12-28(29)34-33(36)26-18-30(38)35(19-26)27-16-14-22(2)15-17-27/h7-17,24,26H,6,18-21H2,1-5H3/t24-,26-/m1/s1. The normalized spacial score (nSPS) is 16.1. The van der Waals surface area contributed by atoms with Crippen LogP contribution in [0.1, 0.15) is 48.7 Å². The number of methoxy groups -OCH3 is 1. The Labute approximate surface area is 236 Å². The van der Waals surface area contributed by atoms with E-state index in [0.29, 0.717) is 19.6 Å². The lowest BCUT2D eigenvalue weighted by Crippen LogP contribution is -2.44. The van der Waals surface area contributed by atoms with Crippen LogP contribution in [0.2, 0.25) is 0 Å². The average molecular weight is 539 g/mol. The van der Waals surface area contributed by atoms with E-state index in [4.69, 9.17) is 9.72 Å². The van der Waals surface area contributed by atoms with Crippen molar-refractivity contribution in [2.75, 3.05) is 30.1 Å². The molecular formula is C33H38N4O3. The Bertz CT molecular complexity index is 1520. The van der Waals surface area contributed by atoms with Gasteiger partial charge in [-0.15, -0.1) is 0 Å². The molecule has 1 fully saturated rings. The minimum absolute atomic E-state index is 0.0299. The minimum atomic E-state index is -0.160. The zero-order chi connectivity index (χ0) is 28.4. The zero-order valence-electron chi connectivity index (χ0n) is 24.1. The third-order valence-corrected chi connectivity index (χ3v) is 7.87. The molecule has 1 aliphatic rings. The monoisotopic (exact) mass is 538 g/mol. The second-order valence-electron chi connectivity index (χ2n) is 10.8. The van der Waals surface area contributed by atoms with Crippen LogP contribution in [0.3, 0.4) is 0 Å². The fourth-order valence-electron chi connectivity index (χ4n) is 5.89. The summed E-state index contributed by atoms with van der Waals surface area (Å²) >= 11 is 0. The maximum atomic E-state index is 14.3. The number of ether oxygens (including phenoxy) is 1. The molecule has 2 atom stereocenters. The number of carbonyl (C=O) groups is 2. The van der Waals surface area contributed by atoms with Crippen molar-refractivity contribution in [1.29, 1.82) is 0 Å². The predicted molar refractivity (Wildman–Crippen MR) is 160 cm³/mol. The maximum absolute atomic E-state index is 14.3. The van der Waals surface area contributed by atoms with Gasteiger partial charge in [0.15, 0.2) is 0 Å².